The molecule has 0 aromatic heterocycles. The van der Waals surface area contributed by atoms with E-state index < -0.39 is 22.7 Å². The topological polar surface area (TPSA) is 107 Å². The predicted octanol–water partition coefficient (Wildman–Crippen LogP) is 3.74. The number of nitro groups is 1. The first-order valence-electron chi connectivity index (χ1n) is 8.88. The highest BCUT2D eigenvalue weighted by molar-refractivity contribution is 6.34. The summed E-state index contributed by atoms with van der Waals surface area (Å²) < 4.78 is 5.18. The largest absolute Gasteiger partial charge is 0.462 e. The van der Waals surface area contributed by atoms with E-state index >= 15 is 0 Å². The number of carbonyl (C=O) groups is 3. The van der Waals surface area contributed by atoms with E-state index in [1.54, 1.807) is 0 Å². The quantitative estimate of drug-likeness (QED) is 0.237. The maximum atomic E-state index is 12.7. The number of anilines is 1. The molecular weight excluding hydrogens is 364 g/mol. The number of hydrogen-bond acceptors (Lipinski definition) is 6. The SMILES string of the molecule is CCCCCOC(=O)c1ccc2c(c1)C(=O)N(c1cccc([N+](=O)[O-])c1)C2=O. The van der Waals surface area contributed by atoms with Gasteiger partial charge in [-0.05, 0) is 30.7 Å². The van der Waals surface area contributed by atoms with Crippen LogP contribution < -0.4 is 4.90 Å². The summed E-state index contributed by atoms with van der Waals surface area (Å²) in [5, 5.41) is 11.0. The van der Waals surface area contributed by atoms with E-state index in [2.05, 4.69) is 0 Å². The number of hydrogen-bond donors (Lipinski definition) is 0. The number of ether oxygens (including phenoxy) is 1. The molecule has 8 heteroatoms. The van der Waals surface area contributed by atoms with Crippen LogP contribution in [-0.4, -0.2) is 29.3 Å². The Morgan fingerprint density at radius 2 is 1.82 bits per heavy atom. The molecule has 2 aromatic rings. The zero-order valence-corrected chi connectivity index (χ0v) is 15.2. The van der Waals surface area contributed by atoms with Gasteiger partial charge in [-0.2, -0.15) is 0 Å². The predicted molar refractivity (Wildman–Crippen MR) is 100 cm³/mol. The molecule has 1 aliphatic heterocycles. The first kappa shape index (κ1) is 19.2. The highest BCUT2D eigenvalue weighted by Crippen LogP contribution is 2.31. The summed E-state index contributed by atoms with van der Waals surface area (Å²) in [5.41, 5.74) is 0.255. The van der Waals surface area contributed by atoms with Crippen LogP contribution in [-0.2, 0) is 4.74 Å². The van der Waals surface area contributed by atoms with Crippen LogP contribution in [0.5, 0.6) is 0 Å². The van der Waals surface area contributed by atoms with Crippen molar-refractivity contribution in [2.24, 2.45) is 0 Å². The monoisotopic (exact) mass is 382 g/mol. The van der Waals surface area contributed by atoms with Crippen LogP contribution >= 0.6 is 0 Å². The van der Waals surface area contributed by atoms with Gasteiger partial charge in [0.25, 0.3) is 17.5 Å². The van der Waals surface area contributed by atoms with Crippen molar-refractivity contribution in [2.45, 2.75) is 26.2 Å². The highest BCUT2D eigenvalue weighted by atomic mass is 16.6. The number of esters is 1. The maximum absolute atomic E-state index is 12.7. The molecule has 0 radical (unpaired) electrons. The fourth-order valence-corrected chi connectivity index (χ4v) is 2.95. The van der Waals surface area contributed by atoms with Gasteiger partial charge in [0.1, 0.15) is 0 Å². The lowest BCUT2D eigenvalue weighted by Gasteiger charge is -2.13. The van der Waals surface area contributed by atoms with E-state index in [4.69, 9.17) is 4.74 Å². The molecule has 0 saturated heterocycles. The van der Waals surface area contributed by atoms with Crippen LogP contribution in [0.1, 0.15) is 57.3 Å². The Bertz CT molecular complexity index is 969. The average molecular weight is 382 g/mol. The molecule has 1 aliphatic rings. The third-order valence-electron chi connectivity index (χ3n) is 4.40. The van der Waals surface area contributed by atoms with E-state index in [1.165, 1.54) is 36.4 Å². The lowest BCUT2D eigenvalue weighted by atomic mass is 10.1. The van der Waals surface area contributed by atoms with Gasteiger partial charge in [-0.3, -0.25) is 19.7 Å². The van der Waals surface area contributed by atoms with Crippen molar-refractivity contribution >= 4 is 29.2 Å². The van der Waals surface area contributed by atoms with E-state index in [9.17, 15) is 24.5 Å². The Hall–Kier alpha value is -3.55. The third-order valence-corrected chi connectivity index (χ3v) is 4.40. The van der Waals surface area contributed by atoms with Crippen molar-refractivity contribution in [1.29, 1.82) is 0 Å². The van der Waals surface area contributed by atoms with E-state index in [1.807, 2.05) is 6.92 Å². The van der Waals surface area contributed by atoms with Gasteiger partial charge in [0.05, 0.1) is 33.9 Å². The van der Waals surface area contributed by atoms with Crippen molar-refractivity contribution in [2.75, 3.05) is 11.5 Å². The molecule has 3 rings (SSSR count). The third kappa shape index (κ3) is 3.62. The van der Waals surface area contributed by atoms with Gasteiger partial charge in [-0.25, -0.2) is 9.69 Å². The van der Waals surface area contributed by atoms with Crippen molar-refractivity contribution in [3.05, 3.63) is 69.3 Å². The minimum Gasteiger partial charge on any atom is -0.462 e. The summed E-state index contributed by atoms with van der Waals surface area (Å²) in [6.07, 6.45) is 2.70. The molecule has 144 valence electrons. The van der Waals surface area contributed by atoms with Crippen LogP contribution in [0.2, 0.25) is 0 Å². The molecule has 0 fully saturated rings. The average Bonchev–Trinajstić information content (AvgIpc) is 2.95. The van der Waals surface area contributed by atoms with Crippen molar-refractivity contribution in [3.8, 4) is 0 Å². The van der Waals surface area contributed by atoms with E-state index in [-0.39, 0.29) is 34.7 Å². The molecule has 0 bridgehead atoms. The van der Waals surface area contributed by atoms with Gasteiger partial charge in [0.15, 0.2) is 0 Å². The Kier molecular flexibility index (Phi) is 5.49. The Labute approximate surface area is 160 Å². The van der Waals surface area contributed by atoms with Crippen LogP contribution in [0.25, 0.3) is 0 Å². The second-order valence-corrected chi connectivity index (χ2v) is 6.33. The lowest BCUT2D eigenvalue weighted by Crippen LogP contribution is -2.29. The number of nitro benzene ring substituents is 1. The number of imide groups is 1. The van der Waals surface area contributed by atoms with E-state index in [0.717, 1.165) is 30.2 Å². The summed E-state index contributed by atoms with van der Waals surface area (Å²) in [5.74, 6) is -1.79. The zero-order valence-electron chi connectivity index (χ0n) is 15.2. The molecule has 0 atom stereocenters. The first-order valence-corrected chi connectivity index (χ1v) is 8.88. The maximum Gasteiger partial charge on any atom is 0.338 e. The van der Waals surface area contributed by atoms with Gasteiger partial charge in [0.2, 0.25) is 0 Å². The van der Waals surface area contributed by atoms with Crippen LogP contribution in [0.3, 0.4) is 0 Å². The molecule has 0 spiro atoms. The molecule has 0 aliphatic carbocycles. The smallest absolute Gasteiger partial charge is 0.338 e. The van der Waals surface area contributed by atoms with Gasteiger partial charge in [-0.15, -0.1) is 0 Å². The molecule has 2 aromatic carbocycles. The molecule has 8 nitrogen and oxygen atoms in total. The minimum absolute atomic E-state index is 0.0690. The number of nitrogens with zero attached hydrogens (tertiary/aromatic N) is 2. The fraction of sp³-hybridized carbons (Fsp3) is 0.250. The van der Waals surface area contributed by atoms with Crippen molar-refractivity contribution < 1.29 is 24.0 Å². The van der Waals surface area contributed by atoms with Crippen LogP contribution in [0.15, 0.2) is 42.5 Å². The molecule has 28 heavy (non-hydrogen) atoms. The second-order valence-electron chi connectivity index (χ2n) is 6.33. The first-order chi connectivity index (χ1) is 13.4. The van der Waals surface area contributed by atoms with Gasteiger partial charge < -0.3 is 4.74 Å². The summed E-state index contributed by atoms with van der Waals surface area (Å²) in [6, 6.07) is 9.43. The number of benzene rings is 2. The number of rotatable bonds is 7. The zero-order chi connectivity index (χ0) is 20.3. The Morgan fingerprint density at radius 3 is 2.54 bits per heavy atom. The molecule has 0 saturated carbocycles. The normalized spacial score (nSPS) is 12.8. The summed E-state index contributed by atoms with van der Waals surface area (Å²) in [7, 11) is 0. The number of carbonyl (C=O) groups excluding carboxylic acids is 3. The summed E-state index contributed by atoms with van der Waals surface area (Å²) in [6.45, 7) is 2.33. The fourth-order valence-electron chi connectivity index (χ4n) is 2.95. The minimum atomic E-state index is -0.638. The van der Waals surface area contributed by atoms with Crippen LogP contribution in [0, 0.1) is 10.1 Å². The molecular formula is C20H18N2O6. The summed E-state index contributed by atoms with van der Waals surface area (Å²) in [4.78, 5) is 48.8. The molecule has 2 amide bonds. The van der Waals surface area contributed by atoms with Crippen molar-refractivity contribution in [3.63, 3.8) is 0 Å². The van der Waals surface area contributed by atoms with E-state index in [0.29, 0.717) is 0 Å². The molecule has 0 unspecified atom stereocenters. The van der Waals surface area contributed by atoms with Gasteiger partial charge in [-0.1, -0.05) is 25.8 Å². The Morgan fingerprint density at radius 1 is 1.07 bits per heavy atom. The molecule has 1 heterocycles. The number of amides is 2. The van der Waals surface area contributed by atoms with Gasteiger partial charge >= 0.3 is 5.97 Å². The second kappa shape index (κ2) is 7.99. The van der Waals surface area contributed by atoms with Crippen LogP contribution in [0.4, 0.5) is 11.4 Å². The number of non-ortho nitro benzene ring substituents is 1. The summed E-state index contributed by atoms with van der Waals surface area (Å²) >= 11 is 0. The standard InChI is InChI=1S/C20H18N2O6/c1-2-3-4-10-28-20(25)13-8-9-16-17(11-13)19(24)21(18(16)23)14-6-5-7-15(12-14)22(26)27/h5-9,11-12H,2-4,10H2,1H3. The van der Waals surface area contributed by atoms with Crippen molar-refractivity contribution in [1.82, 2.24) is 0 Å². The molecule has 0 N–H and O–H groups in total. The highest BCUT2D eigenvalue weighted by Gasteiger charge is 2.37. The number of unbranched alkanes of at least 4 members (excludes halogenated alkanes) is 2. The van der Waals surface area contributed by atoms with Gasteiger partial charge in [0, 0.05) is 12.1 Å². The Balaban J connectivity index is 1.85. The number of fused-ring (bicyclic) bond motifs is 1. The lowest BCUT2D eigenvalue weighted by molar-refractivity contribution is -0.384.